The number of carbonyl (C=O) groups excluding carboxylic acids is 2. The molecule has 1 fully saturated rings. The van der Waals surface area contributed by atoms with Crippen LogP contribution in [0.4, 0.5) is 11.5 Å². The third kappa shape index (κ3) is 4.36. The van der Waals surface area contributed by atoms with Crippen LogP contribution in [0.3, 0.4) is 0 Å². The summed E-state index contributed by atoms with van der Waals surface area (Å²) in [6.45, 7) is 2.35. The fraction of sp³-hybridized carbons (Fsp3) is 0.368. The summed E-state index contributed by atoms with van der Waals surface area (Å²) in [6.07, 6.45) is 8.63. The molecule has 0 aliphatic heterocycles. The summed E-state index contributed by atoms with van der Waals surface area (Å²) in [6, 6.07) is 4.86. The highest BCUT2D eigenvalue weighted by molar-refractivity contribution is 6.05. The zero-order valence-electron chi connectivity index (χ0n) is 14.7. The van der Waals surface area contributed by atoms with E-state index in [0.29, 0.717) is 29.4 Å². The Kier molecular flexibility index (Phi) is 5.78. The molecule has 2 amide bonds. The highest BCUT2D eigenvalue weighted by atomic mass is 16.5. The van der Waals surface area contributed by atoms with E-state index in [9.17, 15) is 9.59 Å². The topological polar surface area (TPSA) is 93.2 Å². The van der Waals surface area contributed by atoms with Gasteiger partial charge in [0.05, 0.1) is 12.8 Å². The molecule has 0 radical (unpaired) electrons. The molecule has 7 heteroatoms. The Morgan fingerprint density at radius 2 is 2.00 bits per heavy atom. The van der Waals surface area contributed by atoms with Crippen molar-refractivity contribution in [1.29, 1.82) is 0 Å². The Morgan fingerprint density at radius 1 is 1.19 bits per heavy atom. The molecule has 0 saturated heterocycles. The predicted molar refractivity (Wildman–Crippen MR) is 98.2 cm³/mol. The molecule has 2 aromatic heterocycles. The summed E-state index contributed by atoms with van der Waals surface area (Å²) in [5, 5.41) is 5.59. The van der Waals surface area contributed by atoms with Gasteiger partial charge in [-0.3, -0.25) is 14.6 Å². The number of rotatable bonds is 6. The highest BCUT2D eigenvalue weighted by Crippen LogP contribution is 2.26. The smallest absolute Gasteiger partial charge is 0.255 e. The van der Waals surface area contributed by atoms with Crippen LogP contribution in [0.5, 0.6) is 5.75 Å². The van der Waals surface area contributed by atoms with Crippen LogP contribution in [0.25, 0.3) is 0 Å². The van der Waals surface area contributed by atoms with Gasteiger partial charge >= 0.3 is 0 Å². The van der Waals surface area contributed by atoms with E-state index >= 15 is 0 Å². The Hall–Kier alpha value is -2.96. The Labute approximate surface area is 152 Å². The molecule has 1 aliphatic carbocycles. The Morgan fingerprint density at radius 3 is 2.77 bits per heavy atom. The summed E-state index contributed by atoms with van der Waals surface area (Å²) in [5.74, 6) is 0.625. The fourth-order valence-electron chi connectivity index (χ4n) is 3.01. The molecule has 0 aromatic carbocycles. The van der Waals surface area contributed by atoms with E-state index in [2.05, 4.69) is 20.6 Å². The van der Waals surface area contributed by atoms with Crippen molar-refractivity contribution >= 4 is 23.3 Å². The minimum atomic E-state index is -0.322. The van der Waals surface area contributed by atoms with Gasteiger partial charge in [0.2, 0.25) is 5.91 Å². The highest BCUT2D eigenvalue weighted by Gasteiger charge is 2.23. The van der Waals surface area contributed by atoms with Crippen molar-refractivity contribution in [3.8, 4) is 5.75 Å². The molecule has 7 nitrogen and oxygen atoms in total. The number of anilines is 2. The minimum absolute atomic E-state index is 0.0292. The molecule has 26 heavy (non-hydrogen) atoms. The van der Waals surface area contributed by atoms with E-state index in [1.165, 1.54) is 12.4 Å². The quantitative estimate of drug-likeness (QED) is 0.830. The molecule has 1 saturated carbocycles. The maximum Gasteiger partial charge on any atom is 0.255 e. The van der Waals surface area contributed by atoms with Gasteiger partial charge in [0, 0.05) is 29.9 Å². The second kappa shape index (κ2) is 8.42. The van der Waals surface area contributed by atoms with Gasteiger partial charge in [0.1, 0.15) is 17.3 Å². The minimum Gasteiger partial charge on any atom is -0.492 e. The van der Waals surface area contributed by atoms with Crippen molar-refractivity contribution < 1.29 is 14.3 Å². The first-order valence-corrected chi connectivity index (χ1v) is 8.82. The number of carbonyl (C=O) groups is 2. The van der Waals surface area contributed by atoms with Crippen molar-refractivity contribution in [1.82, 2.24) is 9.97 Å². The van der Waals surface area contributed by atoms with E-state index in [1.54, 1.807) is 24.4 Å². The van der Waals surface area contributed by atoms with Gasteiger partial charge in [-0.05, 0) is 31.9 Å². The van der Waals surface area contributed by atoms with E-state index in [0.717, 1.165) is 25.7 Å². The van der Waals surface area contributed by atoms with E-state index in [4.69, 9.17) is 4.74 Å². The van der Waals surface area contributed by atoms with Crippen LogP contribution in [-0.2, 0) is 4.79 Å². The fourth-order valence-corrected chi connectivity index (χ4v) is 3.01. The lowest BCUT2D eigenvalue weighted by atomic mass is 10.1. The molecule has 3 rings (SSSR count). The molecule has 0 bridgehead atoms. The zero-order valence-corrected chi connectivity index (χ0v) is 14.7. The summed E-state index contributed by atoms with van der Waals surface area (Å²) >= 11 is 0. The van der Waals surface area contributed by atoms with Crippen LogP contribution in [0.15, 0.2) is 36.8 Å². The van der Waals surface area contributed by atoms with Gasteiger partial charge in [0.25, 0.3) is 5.91 Å². The number of aromatic nitrogens is 2. The summed E-state index contributed by atoms with van der Waals surface area (Å²) in [5.41, 5.74) is 0.890. The van der Waals surface area contributed by atoms with Gasteiger partial charge in [-0.2, -0.15) is 0 Å². The van der Waals surface area contributed by atoms with Crippen molar-refractivity contribution in [2.75, 3.05) is 17.2 Å². The second-order valence-electron chi connectivity index (χ2n) is 6.16. The average Bonchev–Trinajstić information content (AvgIpc) is 3.19. The standard InChI is InChI=1S/C19H22N4O3/c1-2-26-16-8-9-20-12-15(16)22-19(25)14-7-10-21-17(11-14)23-18(24)13-5-3-4-6-13/h7-13H,2-6H2,1H3,(H,22,25)(H,21,23,24). The number of hydrogen-bond donors (Lipinski definition) is 2. The first-order valence-electron chi connectivity index (χ1n) is 8.82. The van der Waals surface area contributed by atoms with Gasteiger partial charge in [-0.15, -0.1) is 0 Å². The Balaban J connectivity index is 1.69. The predicted octanol–water partition coefficient (Wildman–Crippen LogP) is 3.26. The lowest BCUT2D eigenvalue weighted by Crippen LogP contribution is -2.21. The molecule has 2 N–H and O–H groups in total. The van der Waals surface area contributed by atoms with E-state index < -0.39 is 0 Å². The second-order valence-corrected chi connectivity index (χ2v) is 6.16. The summed E-state index contributed by atoms with van der Waals surface area (Å²) < 4.78 is 5.48. The van der Waals surface area contributed by atoms with Crippen molar-refractivity contribution in [2.45, 2.75) is 32.6 Å². The lowest BCUT2D eigenvalue weighted by Gasteiger charge is -2.12. The first kappa shape index (κ1) is 17.8. The molecular formula is C19H22N4O3. The normalized spacial score (nSPS) is 14.0. The van der Waals surface area contributed by atoms with Gasteiger partial charge in [-0.25, -0.2) is 4.98 Å². The third-order valence-corrected chi connectivity index (χ3v) is 4.33. The van der Waals surface area contributed by atoms with E-state index in [-0.39, 0.29) is 17.7 Å². The van der Waals surface area contributed by atoms with Gasteiger partial charge in [0.15, 0.2) is 0 Å². The zero-order chi connectivity index (χ0) is 18.4. The van der Waals surface area contributed by atoms with Crippen LogP contribution in [-0.4, -0.2) is 28.4 Å². The molecule has 0 unspecified atom stereocenters. The van der Waals surface area contributed by atoms with Crippen LogP contribution < -0.4 is 15.4 Å². The van der Waals surface area contributed by atoms with Crippen LogP contribution in [0.2, 0.25) is 0 Å². The maximum absolute atomic E-state index is 12.5. The molecule has 0 atom stereocenters. The third-order valence-electron chi connectivity index (χ3n) is 4.33. The number of hydrogen-bond acceptors (Lipinski definition) is 5. The van der Waals surface area contributed by atoms with Gasteiger partial charge in [-0.1, -0.05) is 12.8 Å². The maximum atomic E-state index is 12.5. The van der Waals surface area contributed by atoms with Crippen LogP contribution >= 0.6 is 0 Å². The van der Waals surface area contributed by atoms with Crippen molar-refractivity contribution in [2.24, 2.45) is 5.92 Å². The molecule has 2 aromatic rings. The van der Waals surface area contributed by atoms with Crippen LogP contribution in [0.1, 0.15) is 43.0 Å². The van der Waals surface area contributed by atoms with Crippen molar-refractivity contribution in [3.05, 3.63) is 42.4 Å². The number of nitrogens with one attached hydrogen (secondary N) is 2. The molecule has 2 heterocycles. The number of amides is 2. The van der Waals surface area contributed by atoms with Gasteiger partial charge < -0.3 is 15.4 Å². The molecule has 1 aliphatic rings. The molecular weight excluding hydrogens is 332 g/mol. The SMILES string of the molecule is CCOc1ccncc1NC(=O)c1ccnc(NC(=O)C2CCCC2)c1. The first-order chi connectivity index (χ1) is 12.7. The van der Waals surface area contributed by atoms with Crippen LogP contribution in [0, 0.1) is 5.92 Å². The van der Waals surface area contributed by atoms with E-state index in [1.807, 2.05) is 6.92 Å². The number of ether oxygens (including phenoxy) is 1. The summed E-state index contributed by atoms with van der Waals surface area (Å²) in [4.78, 5) is 32.9. The summed E-state index contributed by atoms with van der Waals surface area (Å²) in [7, 11) is 0. The number of pyridine rings is 2. The molecule has 0 spiro atoms. The number of nitrogens with zero attached hydrogens (tertiary/aromatic N) is 2. The monoisotopic (exact) mass is 354 g/mol. The lowest BCUT2D eigenvalue weighted by molar-refractivity contribution is -0.119. The largest absolute Gasteiger partial charge is 0.492 e. The average molecular weight is 354 g/mol. The molecule has 136 valence electrons. The van der Waals surface area contributed by atoms with Crippen molar-refractivity contribution in [3.63, 3.8) is 0 Å². The Bertz CT molecular complexity index is 788.